The first-order valence-corrected chi connectivity index (χ1v) is 9.49. The number of ether oxygens (including phenoxy) is 3. The normalized spacial score (nSPS) is 11.6. The fourth-order valence-corrected chi connectivity index (χ4v) is 3.07. The molecule has 0 fully saturated rings. The maximum Gasteiger partial charge on any atom is 0.330 e. The summed E-state index contributed by atoms with van der Waals surface area (Å²) in [7, 11) is 3.45. The molecule has 0 amide bonds. The van der Waals surface area contributed by atoms with Gasteiger partial charge in [0, 0.05) is 33.1 Å². The van der Waals surface area contributed by atoms with E-state index in [1.54, 1.807) is 14.2 Å². The molecule has 1 aromatic rings. The quantitative estimate of drug-likeness (QED) is 0.204. The topological polar surface area (TPSA) is 44.8 Å². The summed E-state index contributed by atoms with van der Waals surface area (Å²) < 4.78 is 16.6. The van der Waals surface area contributed by atoms with E-state index >= 15 is 0 Å². The van der Waals surface area contributed by atoms with E-state index in [-0.39, 0.29) is 5.97 Å². The molecule has 0 heterocycles. The van der Waals surface area contributed by atoms with Crippen molar-refractivity contribution >= 4 is 12.0 Å². The SMILES string of the molecule is C=CC(=O)OCC[N+](CC=Cc1ccccc1)(CCCOC)CCCOC. The lowest BCUT2D eigenvalue weighted by Gasteiger charge is -2.38. The molecule has 1 aromatic carbocycles. The van der Waals surface area contributed by atoms with Crippen LogP contribution < -0.4 is 0 Å². The molecule has 0 aromatic heterocycles. The summed E-state index contributed by atoms with van der Waals surface area (Å²) in [5, 5.41) is 0. The van der Waals surface area contributed by atoms with Crippen molar-refractivity contribution in [2.24, 2.45) is 0 Å². The summed E-state index contributed by atoms with van der Waals surface area (Å²) >= 11 is 0. The van der Waals surface area contributed by atoms with Crippen LogP contribution in [0.25, 0.3) is 6.08 Å². The fourth-order valence-electron chi connectivity index (χ4n) is 3.07. The predicted molar refractivity (Wildman–Crippen MR) is 109 cm³/mol. The Labute approximate surface area is 163 Å². The summed E-state index contributed by atoms with van der Waals surface area (Å²) in [4.78, 5) is 11.4. The third-order valence-corrected chi connectivity index (χ3v) is 4.54. The minimum atomic E-state index is -0.373. The van der Waals surface area contributed by atoms with Crippen molar-refractivity contribution in [2.45, 2.75) is 12.8 Å². The Hall–Kier alpha value is -1.95. The molecule has 0 radical (unpaired) electrons. The minimum absolute atomic E-state index is 0.373. The lowest BCUT2D eigenvalue weighted by atomic mass is 10.2. The summed E-state index contributed by atoms with van der Waals surface area (Å²) in [6, 6.07) is 10.3. The van der Waals surface area contributed by atoms with Crippen LogP contribution in [-0.4, -0.2) is 70.7 Å². The third-order valence-electron chi connectivity index (χ3n) is 4.54. The fraction of sp³-hybridized carbons (Fsp3) is 0.500. The molecule has 27 heavy (non-hydrogen) atoms. The average Bonchev–Trinajstić information content (AvgIpc) is 2.69. The van der Waals surface area contributed by atoms with E-state index in [1.807, 2.05) is 18.2 Å². The van der Waals surface area contributed by atoms with Gasteiger partial charge in [-0.2, -0.15) is 0 Å². The van der Waals surface area contributed by atoms with Crippen LogP contribution in [0.5, 0.6) is 0 Å². The first kappa shape index (κ1) is 23.1. The number of methoxy groups -OCH3 is 2. The molecule has 0 aliphatic carbocycles. The second kappa shape index (κ2) is 14.2. The Balaban J connectivity index is 2.82. The third kappa shape index (κ3) is 10.1. The lowest BCUT2D eigenvalue weighted by molar-refractivity contribution is -0.923. The van der Waals surface area contributed by atoms with Gasteiger partial charge in [-0.05, 0) is 11.6 Å². The number of benzene rings is 1. The second-order valence-electron chi connectivity index (χ2n) is 6.57. The number of carbonyl (C=O) groups is 1. The van der Waals surface area contributed by atoms with Crippen molar-refractivity contribution in [2.75, 3.05) is 60.2 Å². The molecule has 5 heteroatoms. The number of carbonyl (C=O) groups excluding carboxylic acids is 1. The van der Waals surface area contributed by atoms with Crippen LogP contribution >= 0.6 is 0 Å². The molecule has 5 nitrogen and oxygen atoms in total. The van der Waals surface area contributed by atoms with Crippen molar-refractivity contribution < 1.29 is 23.5 Å². The maximum absolute atomic E-state index is 11.4. The van der Waals surface area contributed by atoms with Crippen molar-refractivity contribution in [1.82, 2.24) is 0 Å². The predicted octanol–water partition coefficient (Wildman–Crippen LogP) is 3.32. The molecule has 0 atom stereocenters. The van der Waals surface area contributed by atoms with Gasteiger partial charge < -0.3 is 18.7 Å². The highest BCUT2D eigenvalue weighted by molar-refractivity contribution is 5.81. The van der Waals surface area contributed by atoms with Crippen molar-refractivity contribution in [3.8, 4) is 0 Å². The van der Waals surface area contributed by atoms with E-state index in [4.69, 9.17) is 14.2 Å². The zero-order chi connectivity index (χ0) is 19.8. The number of rotatable bonds is 15. The van der Waals surface area contributed by atoms with E-state index in [0.29, 0.717) is 6.61 Å². The monoisotopic (exact) mass is 376 g/mol. The van der Waals surface area contributed by atoms with Crippen LogP contribution in [0, 0.1) is 0 Å². The summed E-state index contributed by atoms with van der Waals surface area (Å²) in [5.74, 6) is -0.373. The van der Waals surface area contributed by atoms with E-state index < -0.39 is 0 Å². The molecule has 0 saturated carbocycles. The molecule has 0 N–H and O–H groups in total. The second-order valence-corrected chi connectivity index (χ2v) is 6.57. The van der Waals surface area contributed by atoms with Crippen LogP contribution in [0.2, 0.25) is 0 Å². The van der Waals surface area contributed by atoms with E-state index in [0.717, 1.165) is 56.7 Å². The first-order valence-electron chi connectivity index (χ1n) is 9.49. The molecule has 0 aliphatic heterocycles. The molecule has 0 unspecified atom stereocenters. The molecular formula is C22H34NO4+. The van der Waals surface area contributed by atoms with Crippen molar-refractivity contribution in [3.05, 3.63) is 54.6 Å². The maximum atomic E-state index is 11.4. The molecule has 0 saturated heterocycles. The first-order chi connectivity index (χ1) is 13.2. The van der Waals surface area contributed by atoms with Gasteiger partial charge in [0.05, 0.1) is 32.8 Å². The van der Waals surface area contributed by atoms with Gasteiger partial charge in [0.15, 0.2) is 0 Å². The largest absolute Gasteiger partial charge is 0.457 e. The van der Waals surface area contributed by atoms with Crippen molar-refractivity contribution in [3.63, 3.8) is 0 Å². The molecular weight excluding hydrogens is 342 g/mol. The number of hydrogen-bond donors (Lipinski definition) is 0. The molecule has 1 rings (SSSR count). The minimum Gasteiger partial charge on any atom is -0.457 e. The highest BCUT2D eigenvalue weighted by Crippen LogP contribution is 2.13. The summed E-state index contributed by atoms with van der Waals surface area (Å²) in [5.41, 5.74) is 1.18. The summed E-state index contributed by atoms with van der Waals surface area (Å²) in [6.07, 6.45) is 7.48. The van der Waals surface area contributed by atoms with Gasteiger partial charge in [-0.25, -0.2) is 4.79 Å². The Morgan fingerprint density at radius 3 is 2.19 bits per heavy atom. The van der Waals surface area contributed by atoms with Crippen LogP contribution in [0.15, 0.2) is 49.1 Å². The van der Waals surface area contributed by atoms with Gasteiger partial charge in [0.25, 0.3) is 0 Å². The average molecular weight is 377 g/mol. The van der Waals surface area contributed by atoms with Gasteiger partial charge >= 0.3 is 5.97 Å². The Morgan fingerprint density at radius 2 is 1.63 bits per heavy atom. The number of quaternary nitrogens is 1. The van der Waals surface area contributed by atoms with E-state index in [9.17, 15) is 4.79 Å². The van der Waals surface area contributed by atoms with Crippen LogP contribution in [0.3, 0.4) is 0 Å². The van der Waals surface area contributed by atoms with Gasteiger partial charge in [-0.1, -0.05) is 43.0 Å². The molecule has 0 bridgehead atoms. The number of nitrogens with zero attached hydrogens (tertiary/aromatic N) is 1. The smallest absolute Gasteiger partial charge is 0.330 e. The zero-order valence-electron chi connectivity index (χ0n) is 16.8. The van der Waals surface area contributed by atoms with E-state index in [2.05, 4.69) is 30.9 Å². The van der Waals surface area contributed by atoms with Crippen LogP contribution in [0.1, 0.15) is 18.4 Å². The van der Waals surface area contributed by atoms with Gasteiger partial charge in [-0.3, -0.25) is 0 Å². The zero-order valence-corrected chi connectivity index (χ0v) is 16.8. The number of hydrogen-bond acceptors (Lipinski definition) is 4. The van der Waals surface area contributed by atoms with Crippen LogP contribution in [0.4, 0.5) is 0 Å². The molecule has 0 spiro atoms. The lowest BCUT2D eigenvalue weighted by Crippen LogP contribution is -2.52. The van der Waals surface area contributed by atoms with E-state index in [1.165, 1.54) is 11.6 Å². The highest BCUT2D eigenvalue weighted by atomic mass is 16.5. The van der Waals surface area contributed by atoms with Gasteiger partial charge in [0.2, 0.25) is 0 Å². The molecule has 150 valence electrons. The summed E-state index contributed by atoms with van der Waals surface area (Å²) in [6.45, 7) is 8.82. The van der Waals surface area contributed by atoms with Crippen molar-refractivity contribution in [1.29, 1.82) is 0 Å². The van der Waals surface area contributed by atoms with Gasteiger partial charge in [-0.15, -0.1) is 0 Å². The Kier molecular flexibility index (Phi) is 12.1. The number of esters is 1. The van der Waals surface area contributed by atoms with Gasteiger partial charge in [0.1, 0.15) is 13.2 Å². The highest BCUT2D eigenvalue weighted by Gasteiger charge is 2.26. The molecule has 0 aliphatic rings. The van der Waals surface area contributed by atoms with Crippen LogP contribution in [-0.2, 0) is 19.0 Å². The Bertz CT molecular complexity index is 547. The Morgan fingerprint density at radius 1 is 1.00 bits per heavy atom. The standard InChI is InChI=1S/C22H34NO4/c1-4-22(24)27-20-17-23(15-9-18-25-2,16-10-19-26-3)14-8-13-21-11-6-5-7-12-21/h4-8,11-13H,1,9-10,14-20H2,2-3H3/q+1.